The number of nitrogens with two attached hydrogens (primary N) is 1. The van der Waals surface area contributed by atoms with E-state index in [0.717, 1.165) is 16.4 Å². The number of para-hydroxylation sites is 2. The van der Waals surface area contributed by atoms with Gasteiger partial charge in [-0.1, -0.05) is 12.1 Å². The number of unbranched alkanes of at least 4 members (excludes halogenated alkanes) is 1. The molecule has 1 unspecified atom stereocenters. The third-order valence-corrected chi connectivity index (χ3v) is 7.90. The van der Waals surface area contributed by atoms with Crippen LogP contribution in [0.25, 0.3) is 22.0 Å². The van der Waals surface area contributed by atoms with Crippen LogP contribution >= 0.6 is 0 Å². The highest BCUT2D eigenvalue weighted by Gasteiger charge is 2.25. The average Bonchev–Trinajstić information content (AvgIpc) is 3.06. The van der Waals surface area contributed by atoms with Crippen molar-refractivity contribution in [2.45, 2.75) is 26.2 Å². The molecule has 0 aliphatic carbocycles. The highest BCUT2D eigenvalue weighted by Crippen LogP contribution is 2.39. The smallest absolute Gasteiger partial charge is 0.410 e. The monoisotopic (exact) mass is 692 g/mol. The molecule has 49 heavy (non-hydrogen) atoms. The zero-order chi connectivity index (χ0) is 35.1. The van der Waals surface area contributed by atoms with Crippen LogP contribution in [0.1, 0.15) is 25.0 Å². The zero-order valence-corrected chi connectivity index (χ0v) is 27.0. The van der Waals surface area contributed by atoms with Crippen molar-refractivity contribution in [2.24, 2.45) is 5.73 Å². The first-order valence-electron chi connectivity index (χ1n) is 14.7. The fraction of sp³-hybridized carbons (Fsp3) is 0.182. The number of rotatable bonds is 13. The molecule has 2 amide bonds. The second-order valence-corrected chi connectivity index (χ2v) is 11.3. The van der Waals surface area contributed by atoms with Crippen LogP contribution in [0.2, 0.25) is 0 Å². The number of hydrogen-bond acceptors (Lipinski definition) is 9. The van der Waals surface area contributed by atoms with Crippen molar-refractivity contribution >= 4 is 51.2 Å². The summed E-state index contributed by atoms with van der Waals surface area (Å²) in [5.41, 5.74) is 7.18. The van der Waals surface area contributed by atoms with Crippen molar-refractivity contribution in [3.63, 3.8) is 0 Å². The van der Waals surface area contributed by atoms with E-state index in [1.807, 2.05) is 0 Å². The standard InChI is InChI=1S/C33H30F2N6O7S/c1-19-23-13-20(21-14-27(32(46-2)37-17-21)41(49(44)45)26-11-10-22(34)16-24(26)35)15-29(31(23)39-18-38-19)47-12-6-5-9-30(42)40-25-7-3-4-8-28(25)48-33(36)43/h3-4,7-8,10-11,13-18H,5-6,9,12H2,1-2H3,(H2,36,43)(H,40,42)(H,44,45). The first-order chi connectivity index (χ1) is 23.5. The van der Waals surface area contributed by atoms with Gasteiger partial charge in [-0.15, -0.1) is 0 Å². The van der Waals surface area contributed by atoms with E-state index < -0.39 is 29.0 Å². The minimum Gasteiger partial charge on any atom is -0.491 e. The van der Waals surface area contributed by atoms with Gasteiger partial charge in [0, 0.05) is 35.3 Å². The number of benzene rings is 3. The van der Waals surface area contributed by atoms with E-state index in [1.54, 1.807) is 37.3 Å². The molecular formula is C33H30F2N6O7S. The zero-order valence-electron chi connectivity index (χ0n) is 26.2. The van der Waals surface area contributed by atoms with Crippen LogP contribution < -0.4 is 29.6 Å². The van der Waals surface area contributed by atoms with Gasteiger partial charge in [0.25, 0.3) is 11.3 Å². The second-order valence-electron chi connectivity index (χ2n) is 10.5. The minimum atomic E-state index is -2.80. The number of nitrogens with zero attached hydrogens (tertiary/aromatic N) is 4. The first kappa shape index (κ1) is 34.6. The summed E-state index contributed by atoms with van der Waals surface area (Å²) >= 11 is -2.80. The molecule has 5 rings (SSSR count). The third-order valence-electron chi connectivity index (χ3n) is 7.19. The molecule has 1 atom stereocenters. The van der Waals surface area contributed by atoms with Gasteiger partial charge in [0.05, 0.1) is 25.1 Å². The van der Waals surface area contributed by atoms with Crippen LogP contribution in [0.3, 0.4) is 0 Å². The number of carbonyl (C=O) groups excluding carboxylic acids is 2. The van der Waals surface area contributed by atoms with Crippen LogP contribution in [-0.4, -0.2) is 49.4 Å². The second kappa shape index (κ2) is 15.4. The molecular weight excluding hydrogens is 662 g/mol. The van der Waals surface area contributed by atoms with Gasteiger partial charge in [-0.3, -0.25) is 9.35 Å². The van der Waals surface area contributed by atoms with Crippen molar-refractivity contribution in [2.75, 3.05) is 23.3 Å². The van der Waals surface area contributed by atoms with E-state index in [-0.39, 0.29) is 41.9 Å². The lowest BCUT2D eigenvalue weighted by molar-refractivity contribution is -0.116. The number of halogens is 2. The Labute approximate surface area is 281 Å². The fourth-order valence-electron chi connectivity index (χ4n) is 4.93. The molecule has 2 heterocycles. The van der Waals surface area contributed by atoms with E-state index in [0.29, 0.717) is 58.1 Å². The first-order valence-corrected chi connectivity index (χ1v) is 15.8. The highest BCUT2D eigenvalue weighted by molar-refractivity contribution is 7.81. The molecule has 0 aliphatic rings. The van der Waals surface area contributed by atoms with E-state index in [9.17, 15) is 27.1 Å². The normalized spacial score (nSPS) is 11.5. The number of aryl methyl sites for hydroxylation is 1. The van der Waals surface area contributed by atoms with Gasteiger partial charge in [-0.05, 0) is 67.8 Å². The Balaban J connectivity index is 1.36. The quantitative estimate of drug-likeness (QED) is 0.0949. The Morgan fingerprint density at radius 1 is 0.980 bits per heavy atom. The topological polar surface area (TPSA) is 179 Å². The van der Waals surface area contributed by atoms with Crippen molar-refractivity contribution in [3.05, 3.63) is 90.5 Å². The maximum Gasteiger partial charge on any atom is 0.410 e. The van der Waals surface area contributed by atoms with Crippen molar-refractivity contribution in [1.82, 2.24) is 15.0 Å². The molecule has 0 bridgehead atoms. The molecule has 3 aromatic carbocycles. The molecule has 2 aromatic heterocycles. The van der Waals surface area contributed by atoms with E-state index in [4.69, 9.17) is 19.9 Å². The maximum atomic E-state index is 14.8. The average molecular weight is 693 g/mol. The predicted octanol–water partition coefficient (Wildman–Crippen LogP) is 6.21. The summed E-state index contributed by atoms with van der Waals surface area (Å²) in [4.78, 5) is 36.7. The Hall–Kier alpha value is -5.74. The van der Waals surface area contributed by atoms with E-state index >= 15 is 0 Å². The molecule has 4 N–H and O–H groups in total. The van der Waals surface area contributed by atoms with Gasteiger partial charge in [0.1, 0.15) is 29.1 Å². The molecule has 0 saturated heterocycles. The van der Waals surface area contributed by atoms with Crippen molar-refractivity contribution in [3.8, 4) is 28.5 Å². The number of fused-ring (bicyclic) bond motifs is 1. The highest BCUT2D eigenvalue weighted by atomic mass is 32.2. The summed E-state index contributed by atoms with van der Waals surface area (Å²) in [6, 6.07) is 14.0. The Kier molecular flexibility index (Phi) is 10.9. The van der Waals surface area contributed by atoms with E-state index in [2.05, 4.69) is 20.3 Å². The van der Waals surface area contributed by atoms with Gasteiger partial charge >= 0.3 is 6.09 Å². The van der Waals surface area contributed by atoms with Gasteiger partial charge in [-0.2, -0.15) is 0 Å². The Morgan fingerprint density at radius 3 is 2.51 bits per heavy atom. The molecule has 5 aromatic rings. The number of hydrogen-bond donors (Lipinski definition) is 3. The maximum absolute atomic E-state index is 14.8. The SMILES string of the molecule is COc1ncc(-c2cc(OCCCCC(=O)Nc3ccccc3OC(N)=O)c3ncnc(C)c3c2)cc1N(c1ccc(F)cc1F)S(=O)O. The lowest BCUT2D eigenvalue weighted by Crippen LogP contribution is -2.21. The van der Waals surface area contributed by atoms with Crippen LogP contribution in [0.4, 0.5) is 30.6 Å². The lowest BCUT2D eigenvalue weighted by Gasteiger charge is -2.23. The summed E-state index contributed by atoms with van der Waals surface area (Å²) < 4.78 is 68.2. The van der Waals surface area contributed by atoms with Crippen LogP contribution in [0, 0.1) is 18.6 Å². The molecule has 0 aliphatic heterocycles. The summed E-state index contributed by atoms with van der Waals surface area (Å²) in [5.74, 6) is -1.76. The number of aromatic nitrogens is 3. The number of methoxy groups -OCH3 is 1. The molecule has 16 heteroatoms. The number of carbonyl (C=O) groups is 2. The summed E-state index contributed by atoms with van der Waals surface area (Å²) in [6.45, 7) is 2.03. The van der Waals surface area contributed by atoms with Gasteiger partial charge in [0.15, 0.2) is 11.6 Å². The Morgan fingerprint density at radius 2 is 1.78 bits per heavy atom. The lowest BCUT2D eigenvalue weighted by atomic mass is 10.0. The largest absolute Gasteiger partial charge is 0.491 e. The molecule has 0 spiro atoms. The molecule has 0 saturated carbocycles. The summed E-state index contributed by atoms with van der Waals surface area (Å²) in [6.07, 6.45) is 3.01. The third kappa shape index (κ3) is 8.22. The minimum absolute atomic E-state index is 0.0583. The van der Waals surface area contributed by atoms with Crippen LogP contribution in [0.15, 0.2) is 73.2 Å². The van der Waals surface area contributed by atoms with Gasteiger partial charge < -0.3 is 25.3 Å². The van der Waals surface area contributed by atoms with Gasteiger partial charge in [-0.25, -0.2) is 37.0 Å². The summed E-state index contributed by atoms with van der Waals surface area (Å²) in [5, 5.41) is 3.37. The number of ether oxygens (including phenoxy) is 3. The van der Waals surface area contributed by atoms with Gasteiger partial charge in [0.2, 0.25) is 11.8 Å². The fourth-order valence-corrected chi connectivity index (χ4v) is 5.55. The molecule has 0 radical (unpaired) electrons. The predicted molar refractivity (Wildman–Crippen MR) is 178 cm³/mol. The van der Waals surface area contributed by atoms with Crippen molar-refractivity contribution in [1.29, 1.82) is 0 Å². The molecule has 13 nitrogen and oxygen atoms in total. The Bertz CT molecular complexity index is 2050. The number of nitrogens with one attached hydrogen (secondary N) is 1. The molecule has 254 valence electrons. The molecule has 0 fully saturated rings. The number of anilines is 3. The number of pyridine rings is 1. The van der Waals surface area contributed by atoms with Crippen LogP contribution in [0.5, 0.6) is 17.4 Å². The van der Waals surface area contributed by atoms with Crippen molar-refractivity contribution < 1.29 is 41.3 Å². The van der Waals surface area contributed by atoms with E-state index in [1.165, 1.54) is 31.8 Å². The number of primary amides is 1. The summed E-state index contributed by atoms with van der Waals surface area (Å²) in [7, 11) is 1.30. The van der Waals surface area contributed by atoms with Crippen LogP contribution in [-0.2, 0) is 16.1 Å². The number of amides is 2.